The monoisotopic (exact) mass is 628 g/mol. The molecule has 0 bridgehead atoms. The number of phenols is 1. The molecule has 8 rings (SSSR count). The van der Waals surface area contributed by atoms with Gasteiger partial charge in [-0.05, 0) is 47.5 Å². The number of allylic oxidation sites excluding steroid dienone is 2. The van der Waals surface area contributed by atoms with E-state index in [2.05, 4.69) is 0 Å². The van der Waals surface area contributed by atoms with Crippen molar-refractivity contribution in [2.45, 2.75) is 31.8 Å². The van der Waals surface area contributed by atoms with Crippen molar-refractivity contribution in [3.8, 4) is 22.9 Å². The van der Waals surface area contributed by atoms with Crippen molar-refractivity contribution in [3.05, 3.63) is 174 Å². The Bertz CT molecular complexity index is 2410. The largest absolute Gasteiger partial charge is 0.507 e. The standard InChI is InChI=1S/C35H28N6O6/c42-30-20-26(47-22-23-10-4-1-5-11-23)16-17-28(30)31-27-18-19-36-32(43)38(24-12-6-2-7-13-24)34(45)40(36)29(27)21-37-33(44)39(35(46)41(31)37)25-14-8-3-9-15-25/h1-18,20,29,31,42H,19,21-22H2. The van der Waals surface area contributed by atoms with Crippen LogP contribution in [0.5, 0.6) is 11.5 Å². The molecular weight excluding hydrogens is 600 g/mol. The van der Waals surface area contributed by atoms with Gasteiger partial charge in [-0.2, -0.15) is 0 Å². The van der Waals surface area contributed by atoms with Crippen LogP contribution in [0.4, 0.5) is 0 Å². The van der Waals surface area contributed by atoms with Crippen LogP contribution in [0.3, 0.4) is 0 Å². The van der Waals surface area contributed by atoms with Gasteiger partial charge >= 0.3 is 22.8 Å². The second-order valence-electron chi connectivity index (χ2n) is 11.4. The van der Waals surface area contributed by atoms with Gasteiger partial charge in [-0.1, -0.05) is 72.8 Å². The van der Waals surface area contributed by atoms with E-state index in [0.717, 1.165) is 14.7 Å². The first kappa shape index (κ1) is 28.2. The first-order valence-corrected chi connectivity index (χ1v) is 15.1. The Hall–Kier alpha value is -6.30. The molecule has 0 saturated carbocycles. The highest BCUT2D eigenvalue weighted by atomic mass is 16.5. The third kappa shape index (κ3) is 4.44. The average molecular weight is 629 g/mol. The van der Waals surface area contributed by atoms with Gasteiger partial charge in [0.2, 0.25) is 0 Å². The molecule has 0 saturated heterocycles. The quantitative estimate of drug-likeness (QED) is 0.283. The normalized spacial score (nSPS) is 16.6. The van der Waals surface area contributed by atoms with Gasteiger partial charge in [0.1, 0.15) is 24.1 Å². The molecule has 1 N–H and O–H groups in total. The van der Waals surface area contributed by atoms with E-state index in [0.29, 0.717) is 28.3 Å². The van der Waals surface area contributed by atoms with Crippen LogP contribution in [0.1, 0.15) is 23.2 Å². The summed E-state index contributed by atoms with van der Waals surface area (Å²) in [6, 6.07) is 29.8. The lowest BCUT2D eigenvalue weighted by Crippen LogP contribution is -2.47. The zero-order chi connectivity index (χ0) is 32.2. The number of phenolic OH excluding ortho intramolecular Hbond substituents is 1. The van der Waals surface area contributed by atoms with Crippen LogP contribution in [0.2, 0.25) is 0 Å². The Kier molecular flexibility index (Phi) is 6.57. The number of nitrogens with zero attached hydrogens (tertiary/aromatic N) is 6. The molecule has 2 aliphatic heterocycles. The maximum atomic E-state index is 14.1. The van der Waals surface area contributed by atoms with E-state index in [9.17, 15) is 24.3 Å². The number of hydrogen-bond donors (Lipinski definition) is 1. The molecule has 0 aliphatic carbocycles. The summed E-state index contributed by atoms with van der Waals surface area (Å²) in [7, 11) is 0. The number of aromatic nitrogens is 6. The maximum Gasteiger partial charge on any atom is 0.352 e. The molecule has 2 unspecified atom stereocenters. The highest BCUT2D eigenvalue weighted by Gasteiger charge is 2.42. The minimum atomic E-state index is -0.974. The van der Waals surface area contributed by atoms with Crippen molar-refractivity contribution in [3.63, 3.8) is 0 Å². The minimum absolute atomic E-state index is 0.0493. The molecule has 0 fully saturated rings. The Balaban J connectivity index is 1.29. The van der Waals surface area contributed by atoms with Crippen molar-refractivity contribution in [2.75, 3.05) is 0 Å². The number of benzene rings is 4. The van der Waals surface area contributed by atoms with Crippen molar-refractivity contribution in [1.29, 1.82) is 0 Å². The molecule has 4 heterocycles. The van der Waals surface area contributed by atoms with Crippen LogP contribution in [-0.2, 0) is 19.7 Å². The summed E-state index contributed by atoms with van der Waals surface area (Å²) in [5.74, 6) is 0.259. The van der Waals surface area contributed by atoms with E-state index in [1.807, 2.05) is 30.3 Å². The lowest BCUT2D eigenvalue weighted by atomic mass is 9.89. The molecule has 2 atom stereocenters. The fraction of sp³-hybridized carbons (Fsp3) is 0.143. The number of para-hydroxylation sites is 2. The average Bonchev–Trinajstić information content (AvgIpc) is 3.51. The summed E-state index contributed by atoms with van der Waals surface area (Å²) >= 11 is 0. The molecule has 12 heteroatoms. The SMILES string of the molecule is O=c1n(-c2ccccc2)c(=O)n2n1CC=C1C2Cn2c(=O)n(-c3ccccc3)c(=O)n2C1c1ccc(OCc2ccccc2)cc1O. The van der Waals surface area contributed by atoms with E-state index in [-0.39, 0.29) is 25.4 Å². The molecular formula is C35H28N6O6. The van der Waals surface area contributed by atoms with Crippen LogP contribution in [0, 0.1) is 0 Å². The zero-order valence-electron chi connectivity index (χ0n) is 24.9. The number of rotatable bonds is 6. The van der Waals surface area contributed by atoms with Gasteiger partial charge in [-0.15, -0.1) is 0 Å². The summed E-state index contributed by atoms with van der Waals surface area (Å²) < 4.78 is 13.4. The summed E-state index contributed by atoms with van der Waals surface area (Å²) in [6.45, 7) is 0.245. The summed E-state index contributed by atoms with van der Waals surface area (Å²) in [6.07, 6.45) is 1.80. The lowest BCUT2D eigenvalue weighted by molar-refractivity contribution is 0.243. The van der Waals surface area contributed by atoms with Gasteiger partial charge in [-0.3, -0.25) is 0 Å². The van der Waals surface area contributed by atoms with Gasteiger partial charge in [0.15, 0.2) is 0 Å². The summed E-state index contributed by atoms with van der Waals surface area (Å²) in [5, 5.41) is 11.4. The van der Waals surface area contributed by atoms with E-state index in [1.54, 1.807) is 78.9 Å². The molecule has 2 aromatic heterocycles. The Labute approximate surface area is 266 Å². The molecule has 0 spiro atoms. The first-order valence-electron chi connectivity index (χ1n) is 15.1. The topological polar surface area (TPSA) is 127 Å². The number of fused-ring (bicyclic) bond motifs is 4. The van der Waals surface area contributed by atoms with Crippen LogP contribution >= 0.6 is 0 Å². The minimum Gasteiger partial charge on any atom is -0.507 e. The Morgan fingerprint density at radius 2 is 1.23 bits per heavy atom. The molecule has 2 aliphatic rings. The summed E-state index contributed by atoms with van der Waals surface area (Å²) in [4.78, 5) is 55.6. The van der Waals surface area contributed by atoms with Gasteiger partial charge < -0.3 is 9.84 Å². The van der Waals surface area contributed by atoms with E-state index in [1.165, 1.54) is 24.8 Å². The van der Waals surface area contributed by atoms with Gasteiger partial charge in [0.05, 0.1) is 30.5 Å². The van der Waals surface area contributed by atoms with Gasteiger partial charge in [0.25, 0.3) is 0 Å². The Morgan fingerprint density at radius 1 is 0.660 bits per heavy atom. The number of hydrogen-bond acceptors (Lipinski definition) is 6. The molecule has 6 aromatic rings. The maximum absolute atomic E-state index is 14.1. The molecule has 47 heavy (non-hydrogen) atoms. The van der Waals surface area contributed by atoms with Crippen LogP contribution in [-0.4, -0.2) is 33.0 Å². The molecule has 234 valence electrons. The van der Waals surface area contributed by atoms with Crippen molar-refractivity contribution < 1.29 is 9.84 Å². The van der Waals surface area contributed by atoms with E-state index >= 15 is 0 Å². The van der Waals surface area contributed by atoms with E-state index in [4.69, 9.17) is 4.74 Å². The lowest BCUT2D eigenvalue weighted by Gasteiger charge is -2.37. The zero-order valence-corrected chi connectivity index (χ0v) is 24.9. The predicted octanol–water partition coefficient (Wildman–Crippen LogP) is 2.98. The van der Waals surface area contributed by atoms with Crippen molar-refractivity contribution in [2.24, 2.45) is 0 Å². The molecule has 0 amide bonds. The number of aromatic hydroxyl groups is 1. The summed E-state index contributed by atoms with van der Waals surface area (Å²) in [5.41, 5.74) is 0.371. The predicted molar refractivity (Wildman–Crippen MR) is 173 cm³/mol. The third-order valence-electron chi connectivity index (χ3n) is 8.78. The second-order valence-corrected chi connectivity index (χ2v) is 11.4. The highest BCUT2D eigenvalue weighted by molar-refractivity contribution is 5.46. The molecule has 4 aromatic carbocycles. The fourth-order valence-electron chi connectivity index (χ4n) is 6.62. The Morgan fingerprint density at radius 3 is 1.85 bits per heavy atom. The van der Waals surface area contributed by atoms with Crippen LogP contribution in [0.15, 0.2) is 140 Å². The smallest absolute Gasteiger partial charge is 0.352 e. The first-order chi connectivity index (χ1) is 22.9. The fourth-order valence-corrected chi connectivity index (χ4v) is 6.62. The third-order valence-corrected chi connectivity index (χ3v) is 8.78. The second kappa shape index (κ2) is 10.9. The van der Waals surface area contributed by atoms with Crippen molar-refractivity contribution >= 4 is 0 Å². The highest BCUT2D eigenvalue weighted by Crippen LogP contribution is 2.42. The van der Waals surface area contributed by atoms with Crippen molar-refractivity contribution in [1.82, 2.24) is 27.9 Å². The van der Waals surface area contributed by atoms with Gasteiger partial charge in [-0.25, -0.2) is 47.0 Å². The number of ether oxygens (including phenoxy) is 1. The van der Waals surface area contributed by atoms with Crippen LogP contribution < -0.4 is 27.5 Å². The van der Waals surface area contributed by atoms with Crippen LogP contribution in [0.25, 0.3) is 11.4 Å². The molecule has 0 radical (unpaired) electrons. The molecule has 12 nitrogen and oxygen atoms in total. The van der Waals surface area contributed by atoms with Gasteiger partial charge in [0, 0.05) is 11.6 Å². The van der Waals surface area contributed by atoms with E-state index < -0.39 is 34.8 Å².